The SMILES string of the molecule is CNC(=O)C1(N2CC(C)NC2=O)CCc2ccc(NC(=O)[C@@H](NC(=O)c3ccnn3C)C3CCCCC3)cc2C1. The maximum absolute atomic E-state index is 13.7. The van der Waals surface area contributed by atoms with Crippen LogP contribution in [0, 0.1) is 5.92 Å². The Bertz CT molecular complexity index is 1300. The van der Waals surface area contributed by atoms with E-state index in [9.17, 15) is 19.2 Å². The van der Waals surface area contributed by atoms with Crippen LogP contribution in [-0.2, 0) is 29.5 Å². The Labute approximate surface area is 234 Å². The second-order valence-corrected chi connectivity index (χ2v) is 11.4. The molecular weight excluding hydrogens is 510 g/mol. The van der Waals surface area contributed by atoms with E-state index in [1.807, 2.05) is 25.1 Å². The molecule has 4 N–H and O–H groups in total. The van der Waals surface area contributed by atoms with Crippen LogP contribution in [0.3, 0.4) is 0 Å². The first-order chi connectivity index (χ1) is 19.2. The number of hydrogen-bond donors (Lipinski definition) is 4. The summed E-state index contributed by atoms with van der Waals surface area (Å²) in [5, 5.41) is 15.8. The van der Waals surface area contributed by atoms with Crippen LogP contribution < -0.4 is 21.3 Å². The normalized spacial score (nSPS) is 23.6. The minimum Gasteiger partial charge on any atom is -0.357 e. The number of benzene rings is 1. The molecule has 2 aromatic rings. The molecule has 1 aromatic heterocycles. The van der Waals surface area contributed by atoms with E-state index in [2.05, 4.69) is 26.4 Å². The van der Waals surface area contributed by atoms with Crippen LogP contribution in [0.5, 0.6) is 0 Å². The van der Waals surface area contributed by atoms with Gasteiger partial charge in [0.2, 0.25) is 11.8 Å². The Hall–Kier alpha value is -3.89. The number of carbonyl (C=O) groups is 4. The molecule has 2 fully saturated rings. The van der Waals surface area contributed by atoms with Gasteiger partial charge < -0.3 is 26.2 Å². The van der Waals surface area contributed by atoms with Gasteiger partial charge in [0.1, 0.15) is 17.3 Å². The third-order valence-corrected chi connectivity index (χ3v) is 8.75. The van der Waals surface area contributed by atoms with Crippen molar-refractivity contribution >= 4 is 29.4 Å². The molecule has 5 rings (SSSR count). The lowest BCUT2D eigenvalue weighted by atomic mass is 9.76. The standard InChI is InChI=1S/C29H39N7O4/c1-18-17-36(28(40)32-18)29(27(39)30-2)13-11-19-9-10-22(15-21(19)16-29)33-26(38)24(20-7-5-4-6-8-20)34-25(37)23-12-14-31-35(23)3/h9-10,12,14-15,18,20,24H,4-8,11,13,16-17H2,1-3H3,(H,30,39)(H,32,40)(H,33,38)(H,34,37)/t18?,24-,29?/m0/s1. The number of amides is 5. The molecule has 2 aliphatic carbocycles. The first-order valence-electron chi connectivity index (χ1n) is 14.2. The smallest absolute Gasteiger partial charge is 0.318 e. The third kappa shape index (κ3) is 5.29. The summed E-state index contributed by atoms with van der Waals surface area (Å²) in [4.78, 5) is 54.4. The fraction of sp³-hybridized carbons (Fsp3) is 0.552. The molecule has 2 heterocycles. The summed E-state index contributed by atoms with van der Waals surface area (Å²) < 4.78 is 1.49. The number of nitrogens with zero attached hydrogens (tertiary/aromatic N) is 3. The maximum Gasteiger partial charge on any atom is 0.318 e. The summed E-state index contributed by atoms with van der Waals surface area (Å²) in [6.07, 6.45) is 8.01. The fourth-order valence-corrected chi connectivity index (χ4v) is 6.59. The van der Waals surface area contributed by atoms with Crippen LogP contribution >= 0.6 is 0 Å². The van der Waals surface area contributed by atoms with Crippen molar-refractivity contribution in [1.29, 1.82) is 0 Å². The first kappa shape index (κ1) is 27.7. The highest BCUT2D eigenvalue weighted by Crippen LogP contribution is 2.37. The zero-order chi connectivity index (χ0) is 28.4. The van der Waals surface area contributed by atoms with Crippen LogP contribution in [0.2, 0.25) is 0 Å². The Kier molecular flexibility index (Phi) is 7.82. The van der Waals surface area contributed by atoms with E-state index >= 15 is 0 Å². The van der Waals surface area contributed by atoms with Crippen LogP contribution in [0.15, 0.2) is 30.5 Å². The summed E-state index contributed by atoms with van der Waals surface area (Å²) >= 11 is 0. The second kappa shape index (κ2) is 11.3. The molecule has 3 atom stereocenters. The Balaban J connectivity index is 1.38. The zero-order valence-corrected chi connectivity index (χ0v) is 23.5. The number of rotatable bonds is 7. The summed E-state index contributed by atoms with van der Waals surface area (Å²) in [5.74, 6) is -0.736. The molecule has 2 unspecified atom stereocenters. The monoisotopic (exact) mass is 549 g/mol. The number of nitrogens with one attached hydrogen (secondary N) is 4. The van der Waals surface area contributed by atoms with Gasteiger partial charge in [-0.25, -0.2) is 4.79 Å². The largest absolute Gasteiger partial charge is 0.357 e. The van der Waals surface area contributed by atoms with Gasteiger partial charge in [0.05, 0.1) is 0 Å². The first-order valence-corrected chi connectivity index (χ1v) is 14.2. The van der Waals surface area contributed by atoms with Gasteiger partial charge in [0.25, 0.3) is 5.91 Å². The molecule has 0 bridgehead atoms. The van der Waals surface area contributed by atoms with Crippen LogP contribution in [0.1, 0.15) is 67.1 Å². The second-order valence-electron chi connectivity index (χ2n) is 11.4. The number of aryl methyl sites for hydroxylation is 2. The number of aromatic nitrogens is 2. The predicted molar refractivity (Wildman–Crippen MR) is 150 cm³/mol. The highest BCUT2D eigenvalue weighted by molar-refractivity contribution is 6.01. The molecular formula is C29H39N7O4. The zero-order valence-electron chi connectivity index (χ0n) is 23.5. The maximum atomic E-state index is 13.7. The number of hydrogen-bond acceptors (Lipinski definition) is 5. The van der Waals surface area contributed by atoms with E-state index in [4.69, 9.17) is 0 Å². The molecule has 40 heavy (non-hydrogen) atoms. The summed E-state index contributed by atoms with van der Waals surface area (Å²) in [7, 11) is 3.29. The number of carbonyl (C=O) groups excluding carboxylic acids is 4. The van der Waals surface area contributed by atoms with E-state index < -0.39 is 11.6 Å². The van der Waals surface area contributed by atoms with Gasteiger partial charge in [-0.2, -0.15) is 5.10 Å². The topological polar surface area (TPSA) is 137 Å². The fourth-order valence-electron chi connectivity index (χ4n) is 6.59. The van der Waals surface area contributed by atoms with Crippen LogP contribution in [0.4, 0.5) is 10.5 Å². The molecule has 5 amide bonds. The van der Waals surface area contributed by atoms with E-state index in [-0.39, 0.29) is 35.7 Å². The molecule has 1 saturated heterocycles. The number of anilines is 1. The van der Waals surface area contributed by atoms with E-state index in [1.54, 1.807) is 31.3 Å². The lowest BCUT2D eigenvalue weighted by Gasteiger charge is -2.43. The molecule has 214 valence electrons. The van der Waals surface area contributed by atoms with Gasteiger partial charge in [-0.1, -0.05) is 25.3 Å². The number of likely N-dealkylation sites (N-methyl/N-ethyl adjacent to an activating group) is 1. The number of urea groups is 1. The quantitative estimate of drug-likeness (QED) is 0.419. The van der Waals surface area contributed by atoms with Crippen molar-refractivity contribution in [2.24, 2.45) is 13.0 Å². The summed E-state index contributed by atoms with van der Waals surface area (Å²) in [6.45, 7) is 2.38. The molecule has 1 saturated carbocycles. The van der Waals surface area contributed by atoms with Gasteiger partial charge in [-0.15, -0.1) is 0 Å². The van der Waals surface area contributed by atoms with Gasteiger partial charge in [0.15, 0.2) is 0 Å². The van der Waals surface area contributed by atoms with Crippen molar-refractivity contribution in [2.75, 3.05) is 18.9 Å². The van der Waals surface area contributed by atoms with Crippen LogP contribution in [0.25, 0.3) is 0 Å². The lowest BCUT2D eigenvalue weighted by molar-refractivity contribution is -0.131. The van der Waals surface area contributed by atoms with Crippen molar-refractivity contribution in [1.82, 2.24) is 30.6 Å². The molecule has 3 aliphatic rings. The lowest BCUT2D eigenvalue weighted by Crippen LogP contribution is -2.62. The van der Waals surface area contributed by atoms with Crippen molar-refractivity contribution in [3.63, 3.8) is 0 Å². The molecule has 11 heteroatoms. The van der Waals surface area contributed by atoms with Gasteiger partial charge in [-0.05, 0) is 67.9 Å². The van der Waals surface area contributed by atoms with Crippen molar-refractivity contribution in [3.8, 4) is 0 Å². The summed E-state index contributed by atoms with van der Waals surface area (Å²) in [6, 6.07) is 6.43. The molecule has 0 spiro atoms. The van der Waals surface area contributed by atoms with Crippen LogP contribution in [-0.4, -0.2) is 69.6 Å². The Morgan fingerprint density at radius 2 is 1.90 bits per heavy atom. The average Bonchev–Trinajstić information content (AvgIpc) is 3.54. The summed E-state index contributed by atoms with van der Waals surface area (Å²) in [5.41, 5.74) is 2.02. The minimum atomic E-state index is -0.999. The van der Waals surface area contributed by atoms with Crippen molar-refractivity contribution < 1.29 is 19.2 Å². The van der Waals surface area contributed by atoms with Gasteiger partial charge >= 0.3 is 6.03 Å². The van der Waals surface area contributed by atoms with Crippen molar-refractivity contribution in [3.05, 3.63) is 47.3 Å². The number of fused-ring (bicyclic) bond motifs is 1. The molecule has 1 aromatic carbocycles. The predicted octanol–water partition coefficient (Wildman–Crippen LogP) is 2.12. The molecule has 11 nitrogen and oxygen atoms in total. The van der Waals surface area contributed by atoms with Gasteiger partial charge in [0, 0.05) is 45.0 Å². The Morgan fingerprint density at radius 1 is 1.12 bits per heavy atom. The minimum absolute atomic E-state index is 0.0418. The van der Waals surface area contributed by atoms with E-state index in [1.165, 1.54) is 4.68 Å². The Morgan fingerprint density at radius 3 is 2.55 bits per heavy atom. The van der Waals surface area contributed by atoms with Gasteiger partial charge in [-0.3, -0.25) is 19.1 Å². The average molecular weight is 550 g/mol. The highest BCUT2D eigenvalue weighted by Gasteiger charge is 2.50. The van der Waals surface area contributed by atoms with Crippen molar-refractivity contribution in [2.45, 2.75) is 75.9 Å². The van der Waals surface area contributed by atoms with E-state index in [0.29, 0.717) is 37.2 Å². The highest BCUT2D eigenvalue weighted by atomic mass is 16.2. The third-order valence-electron chi connectivity index (χ3n) is 8.75. The van der Waals surface area contributed by atoms with E-state index in [0.717, 1.165) is 43.2 Å². The molecule has 0 radical (unpaired) electrons. The molecule has 1 aliphatic heterocycles.